The molecule has 0 bridgehead atoms. The molecule has 0 spiro atoms. The molecule has 2 heterocycles. The van der Waals surface area contributed by atoms with Crippen LogP contribution in [0.1, 0.15) is 24.8 Å². The number of anilines is 1. The molecule has 1 aliphatic rings. The highest BCUT2D eigenvalue weighted by molar-refractivity contribution is 7.93. The van der Waals surface area contributed by atoms with Gasteiger partial charge >= 0.3 is 17.4 Å². The minimum Gasteiger partial charge on any atom is -0.256 e. The second-order valence-electron chi connectivity index (χ2n) is 7.23. The van der Waals surface area contributed by atoms with Crippen LogP contribution in [0.3, 0.4) is 0 Å². The molecular formula is C20H17ClF3N3O4S3. The van der Waals surface area contributed by atoms with E-state index in [1.807, 2.05) is 0 Å². The largest absolute Gasteiger partial charge is 0.389 e. The average molecular weight is 552 g/mol. The molecule has 4 rings (SSSR count). The van der Waals surface area contributed by atoms with Crippen LogP contribution in [0.5, 0.6) is 0 Å². The first kappa shape index (κ1) is 24.9. The molecule has 7 nitrogen and oxygen atoms in total. The Morgan fingerprint density at radius 1 is 1.12 bits per heavy atom. The molecule has 34 heavy (non-hydrogen) atoms. The highest BCUT2D eigenvalue weighted by atomic mass is 35.5. The Bertz CT molecular complexity index is 1360. The zero-order chi connectivity index (χ0) is 24.5. The van der Waals surface area contributed by atoms with Crippen molar-refractivity contribution in [3.63, 3.8) is 0 Å². The molecule has 2 aromatic carbocycles. The van der Waals surface area contributed by atoms with Crippen LogP contribution in [0.15, 0.2) is 57.8 Å². The Kier molecular flexibility index (Phi) is 7.20. The molecule has 3 aromatic rings. The number of nitrogens with zero attached hydrogens (tertiary/aromatic N) is 2. The fourth-order valence-electron chi connectivity index (χ4n) is 3.28. The summed E-state index contributed by atoms with van der Waals surface area (Å²) >= 11 is 5.79. The maximum Gasteiger partial charge on any atom is 0.389 e. The van der Waals surface area contributed by atoms with Crippen LogP contribution in [0, 0.1) is 0 Å². The topological polar surface area (TPSA) is 88.1 Å². The number of halogens is 4. The molecule has 0 fully saturated rings. The molecule has 0 aliphatic carbocycles. The molecule has 14 heteroatoms. The fourth-order valence-corrected chi connectivity index (χ4v) is 7.10. The molecule has 1 atom stereocenters. The van der Waals surface area contributed by atoms with E-state index < -0.39 is 33.9 Å². The van der Waals surface area contributed by atoms with Gasteiger partial charge in [-0.2, -0.15) is 17.5 Å². The van der Waals surface area contributed by atoms with Crippen molar-refractivity contribution in [2.24, 2.45) is 4.40 Å². The van der Waals surface area contributed by atoms with E-state index >= 15 is 0 Å². The number of amidine groups is 1. The number of alkyl halides is 3. The number of unbranched alkanes of at least 4 members (excludes halogenated alkanes) is 1. The van der Waals surface area contributed by atoms with Crippen LogP contribution in [-0.4, -0.2) is 31.2 Å². The molecule has 0 saturated carbocycles. The van der Waals surface area contributed by atoms with Crippen molar-refractivity contribution in [2.45, 2.75) is 30.3 Å². The summed E-state index contributed by atoms with van der Waals surface area (Å²) in [5.41, 5.74) is 2.83. The quantitative estimate of drug-likeness (QED) is 0.382. The Balaban J connectivity index is 1.67. The van der Waals surface area contributed by atoms with E-state index in [0.29, 0.717) is 10.9 Å². The zero-order valence-corrected chi connectivity index (χ0v) is 20.4. The zero-order valence-electron chi connectivity index (χ0n) is 17.2. The molecule has 0 amide bonds. The number of rotatable bonds is 8. The maximum atomic E-state index is 13.6. The summed E-state index contributed by atoms with van der Waals surface area (Å²) in [7, 11) is -4.16. The third-order valence-corrected chi connectivity index (χ3v) is 9.08. The molecule has 1 aromatic heterocycles. The molecule has 1 unspecified atom stereocenters. The van der Waals surface area contributed by atoms with Crippen molar-refractivity contribution in [1.82, 2.24) is 5.48 Å². The van der Waals surface area contributed by atoms with E-state index in [0.717, 1.165) is 20.3 Å². The number of sulfonamides is 1. The molecular weight excluding hydrogens is 535 g/mol. The lowest BCUT2D eigenvalue weighted by Crippen LogP contribution is -2.32. The van der Waals surface area contributed by atoms with E-state index in [1.54, 1.807) is 24.3 Å². The summed E-state index contributed by atoms with van der Waals surface area (Å²) in [4.78, 5) is -0.0822. The van der Waals surface area contributed by atoms with Crippen LogP contribution in [0.2, 0.25) is 5.02 Å². The number of hydrogen-bond acceptors (Lipinski definition) is 6. The normalized spacial score (nSPS) is 16.5. The van der Waals surface area contributed by atoms with Gasteiger partial charge in [0.25, 0.3) is 10.0 Å². The summed E-state index contributed by atoms with van der Waals surface area (Å²) in [5.74, 6) is 0.179. The summed E-state index contributed by atoms with van der Waals surface area (Å²) in [6, 6.07) is 12.7. The van der Waals surface area contributed by atoms with Gasteiger partial charge < -0.3 is 0 Å². The first-order chi connectivity index (χ1) is 16.1. The van der Waals surface area contributed by atoms with Gasteiger partial charge in [-0.25, -0.2) is 18.1 Å². The first-order valence-corrected chi connectivity index (χ1v) is 13.5. The van der Waals surface area contributed by atoms with Gasteiger partial charge in [-0.15, -0.1) is 15.7 Å². The number of hydrogen-bond donors (Lipinski definition) is 1. The van der Waals surface area contributed by atoms with E-state index in [4.69, 9.17) is 11.6 Å². The molecule has 1 aliphatic heterocycles. The number of thiophene rings is 1. The number of hydroxylamine groups is 1. The van der Waals surface area contributed by atoms with E-state index in [1.165, 1.54) is 24.3 Å². The lowest BCUT2D eigenvalue weighted by atomic mass is 10.2. The Morgan fingerprint density at radius 2 is 1.82 bits per heavy atom. The van der Waals surface area contributed by atoms with Crippen molar-refractivity contribution >= 4 is 65.2 Å². The van der Waals surface area contributed by atoms with Crippen LogP contribution in [-0.2, 0) is 25.6 Å². The maximum absolute atomic E-state index is 13.6. The van der Waals surface area contributed by atoms with Crippen molar-refractivity contribution in [1.29, 1.82) is 0 Å². The standard InChI is InChI=1S/C20H17ClF3N3O4S3/c21-17-15-5-1-2-6-16(15)32-19(17)27(12-4-3-11-20(22,23)24)34(29,30)14-9-7-13(8-10-14)18-25-31-33(28)26-18/h1-2,5-10H,3-4,11-12H2,(H,25,26). The van der Waals surface area contributed by atoms with Crippen molar-refractivity contribution in [3.8, 4) is 0 Å². The molecule has 0 radical (unpaired) electrons. The van der Waals surface area contributed by atoms with Crippen LogP contribution < -0.4 is 9.79 Å². The van der Waals surface area contributed by atoms with Gasteiger partial charge in [0.2, 0.25) is 0 Å². The second-order valence-corrected chi connectivity index (χ2v) is 11.3. The predicted octanol–water partition coefficient (Wildman–Crippen LogP) is 5.34. The number of fused-ring (bicyclic) bond motifs is 1. The van der Waals surface area contributed by atoms with Crippen LogP contribution in [0.4, 0.5) is 18.2 Å². The number of nitrogens with one attached hydrogen (secondary N) is 1. The van der Waals surface area contributed by atoms with E-state index in [-0.39, 0.29) is 40.1 Å². The third-order valence-electron chi connectivity index (χ3n) is 4.91. The third kappa shape index (κ3) is 5.38. The first-order valence-electron chi connectivity index (χ1n) is 9.87. The highest BCUT2D eigenvalue weighted by Gasteiger charge is 2.31. The van der Waals surface area contributed by atoms with E-state index in [2.05, 4.69) is 14.2 Å². The average Bonchev–Trinajstić information content (AvgIpc) is 3.36. The lowest BCUT2D eigenvalue weighted by Gasteiger charge is -2.24. The van der Waals surface area contributed by atoms with Crippen molar-refractivity contribution in [2.75, 3.05) is 10.8 Å². The summed E-state index contributed by atoms with van der Waals surface area (Å²) in [6.07, 6.45) is -5.56. The Labute approximate surface area is 205 Å². The van der Waals surface area contributed by atoms with Gasteiger partial charge in [0.1, 0.15) is 5.00 Å². The summed E-state index contributed by atoms with van der Waals surface area (Å²) in [5, 5.41) is 1.12. The lowest BCUT2D eigenvalue weighted by molar-refractivity contribution is -0.135. The van der Waals surface area contributed by atoms with E-state index in [9.17, 15) is 25.8 Å². The fraction of sp³-hybridized carbons (Fsp3) is 0.250. The van der Waals surface area contributed by atoms with Gasteiger partial charge in [0.15, 0.2) is 5.84 Å². The van der Waals surface area contributed by atoms with Gasteiger partial charge in [-0.1, -0.05) is 29.8 Å². The minimum absolute atomic E-state index is 0.00865. The predicted molar refractivity (Wildman–Crippen MR) is 127 cm³/mol. The van der Waals surface area contributed by atoms with Crippen molar-refractivity contribution < 1.29 is 30.1 Å². The van der Waals surface area contributed by atoms with Gasteiger partial charge in [0, 0.05) is 28.6 Å². The van der Waals surface area contributed by atoms with Crippen molar-refractivity contribution in [3.05, 3.63) is 59.1 Å². The molecule has 1 N–H and O–H groups in total. The molecule has 0 saturated heterocycles. The van der Waals surface area contributed by atoms with Gasteiger partial charge in [-0.3, -0.25) is 4.31 Å². The molecule has 182 valence electrons. The van der Waals surface area contributed by atoms with Gasteiger partial charge in [0.05, 0.1) is 9.92 Å². The van der Waals surface area contributed by atoms with Gasteiger partial charge in [-0.05, 0) is 43.2 Å². The smallest absolute Gasteiger partial charge is 0.256 e. The SMILES string of the molecule is O=S1N=C(c2ccc(S(=O)(=O)N(CCCCC(F)(F)F)c3sc4ccccc4c3Cl)cc2)NO1. The van der Waals surface area contributed by atoms with Crippen LogP contribution in [0.25, 0.3) is 10.1 Å². The highest BCUT2D eigenvalue weighted by Crippen LogP contribution is 2.43. The van der Waals surface area contributed by atoms with Crippen LogP contribution >= 0.6 is 22.9 Å². The minimum atomic E-state index is -4.32. The second kappa shape index (κ2) is 9.82. The Morgan fingerprint density at radius 3 is 2.44 bits per heavy atom. The summed E-state index contributed by atoms with van der Waals surface area (Å²) < 4.78 is 86.4. The Hall–Kier alpha value is -2.19. The number of benzene rings is 2. The summed E-state index contributed by atoms with van der Waals surface area (Å²) in [6.45, 7) is -0.173. The monoisotopic (exact) mass is 551 g/mol.